The zero-order valence-corrected chi connectivity index (χ0v) is 11.8. The first kappa shape index (κ1) is 16.2. The highest BCUT2D eigenvalue weighted by Gasteiger charge is 2.32. The van der Waals surface area contributed by atoms with Gasteiger partial charge < -0.3 is 10.6 Å². The molecule has 1 saturated heterocycles. The molecular weight excluding hydrogens is 286 g/mol. The van der Waals surface area contributed by atoms with Crippen molar-refractivity contribution >= 4 is 0 Å². The molecule has 118 valence electrons. The van der Waals surface area contributed by atoms with Crippen LogP contribution in [0, 0.1) is 5.82 Å². The highest BCUT2D eigenvalue weighted by Crippen LogP contribution is 2.30. The lowest BCUT2D eigenvalue weighted by Crippen LogP contribution is -2.54. The van der Waals surface area contributed by atoms with Crippen LogP contribution in [0.4, 0.5) is 17.6 Å². The van der Waals surface area contributed by atoms with Gasteiger partial charge in [0.25, 0.3) is 0 Å². The lowest BCUT2D eigenvalue weighted by Gasteiger charge is -2.39. The fourth-order valence-corrected chi connectivity index (χ4v) is 2.62. The summed E-state index contributed by atoms with van der Waals surface area (Å²) in [5, 5.41) is 0. The monoisotopic (exact) mass is 305 g/mol. The van der Waals surface area contributed by atoms with Crippen molar-refractivity contribution in [2.75, 3.05) is 33.2 Å². The quantitative estimate of drug-likeness (QED) is 0.866. The normalized spacial score (nSPS) is 21.7. The Labute approximate surface area is 121 Å². The Balaban J connectivity index is 2.17. The van der Waals surface area contributed by atoms with Crippen molar-refractivity contribution in [3.63, 3.8) is 0 Å². The minimum Gasteiger partial charge on any atom is -0.329 e. The Morgan fingerprint density at radius 3 is 2.57 bits per heavy atom. The molecular formula is C14H19F4N3. The molecule has 1 aromatic carbocycles. The highest BCUT2D eigenvalue weighted by molar-refractivity contribution is 5.27. The molecule has 0 amide bonds. The van der Waals surface area contributed by atoms with E-state index in [1.807, 2.05) is 11.9 Å². The number of hydrogen-bond donors (Lipinski definition) is 1. The molecule has 0 spiro atoms. The summed E-state index contributed by atoms with van der Waals surface area (Å²) in [6.45, 7) is 2.98. The van der Waals surface area contributed by atoms with E-state index in [4.69, 9.17) is 5.73 Å². The standard InChI is InChI=1S/C14H19F4N3/c1-20-2-3-21(13(7-19)9-20)8-10-4-11(14(16,17)18)6-12(15)5-10/h4-6,13H,2-3,7-9,19H2,1H3. The first-order valence-corrected chi connectivity index (χ1v) is 6.79. The maximum atomic E-state index is 13.4. The van der Waals surface area contributed by atoms with Gasteiger partial charge in [-0.1, -0.05) is 0 Å². The van der Waals surface area contributed by atoms with E-state index >= 15 is 0 Å². The molecule has 1 aliphatic rings. The average Bonchev–Trinajstić information content (AvgIpc) is 2.39. The average molecular weight is 305 g/mol. The number of nitrogens with two attached hydrogens (primary N) is 1. The minimum absolute atomic E-state index is 0.0707. The number of halogens is 4. The topological polar surface area (TPSA) is 32.5 Å². The van der Waals surface area contributed by atoms with Gasteiger partial charge in [0.05, 0.1) is 5.56 Å². The molecule has 2 rings (SSSR count). The third-order valence-electron chi connectivity index (χ3n) is 3.75. The van der Waals surface area contributed by atoms with Gasteiger partial charge in [0, 0.05) is 38.8 Å². The molecule has 0 bridgehead atoms. The van der Waals surface area contributed by atoms with Crippen LogP contribution in [0.2, 0.25) is 0 Å². The second kappa shape index (κ2) is 6.29. The second-order valence-corrected chi connectivity index (χ2v) is 5.47. The molecule has 0 aliphatic carbocycles. The number of piperazine rings is 1. The van der Waals surface area contributed by atoms with E-state index < -0.39 is 17.6 Å². The van der Waals surface area contributed by atoms with Gasteiger partial charge in [-0.3, -0.25) is 4.90 Å². The van der Waals surface area contributed by atoms with Gasteiger partial charge in [-0.15, -0.1) is 0 Å². The van der Waals surface area contributed by atoms with E-state index in [-0.39, 0.29) is 12.6 Å². The highest BCUT2D eigenvalue weighted by atomic mass is 19.4. The van der Waals surface area contributed by atoms with Crippen LogP contribution in [0.25, 0.3) is 0 Å². The molecule has 2 N–H and O–H groups in total. The third kappa shape index (κ3) is 4.15. The first-order valence-electron chi connectivity index (χ1n) is 6.79. The smallest absolute Gasteiger partial charge is 0.329 e. The lowest BCUT2D eigenvalue weighted by atomic mass is 10.1. The Morgan fingerprint density at radius 2 is 1.95 bits per heavy atom. The summed E-state index contributed by atoms with van der Waals surface area (Å²) in [6, 6.07) is 2.76. The zero-order chi connectivity index (χ0) is 15.6. The van der Waals surface area contributed by atoms with Crippen molar-refractivity contribution in [1.82, 2.24) is 9.80 Å². The molecule has 0 aromatic heterocycles. The fraction of sp³-hybridized carbons (Fsp3) is 0.571. The van der Waals surface area contributed by atoms with Crippen LogP contribution in [0.5, 0.6) is 0 Å². The van der Waals surface area contributed by atoms with Gasteiger partial charge >= 0.3 is 6.18 Å². The maximum Gasteiger partial charge on any atom is 0.416 e. The predicted octanol–water partition coefficient (Wildman–Crippen LogP) is 1.92. The van der Waals surface area contributed by atoms with E-state index in [1.165, 1.54) is 0 Å². The van der Waals surface area contributed by atoms with Gasteiger partial charge in [-0.25, -0.2) is 4.39 Å². The number of likely N-dealkylation sites (N-methyl/N-ethyl adjacent to an activating group) is 1. The molecule has 1 aromatic rings. The summed E-state index contributed by atoms with van der Waals surface area (Å²) < 4.78 is 51.5. The summed E-state index contributed by atoms with van der Waals surface area (Å²) in [7, 11) is 1.98. The van der Waals surface area contributed by atoms with Crippen molar-refractivity contribution in [2.45, 2.75) is 18.8 Å². The lowest BCUT2D eigenvalue weighted by molar-refractivity contribution is -0.137. The first-order chi connectivity index (χ1) is 9.79. The summed E-state index contributed by atoms with van der Waals surface area (Å²) in [6.07, 6.45) is -4.54. The SMILES string of the molecule is CN1CCN(Cc2cc(F)cc(C(F)(F)F)c2)C(CN)C1. The molecule has 0 radical (unpaired) electrons. The Morgan fingerprint density at radius 1 is 1.24 bits per heavy atom. The molecule has 3 nitrogen and oxygen atoms in total. The van der Waals surface area contributed by atoms with E-state index in [1.54, 1.807) is 0 Å². The zero-order valence-electron chi connectivity index (χ0n) is 11.8. The van der Waals surface area contributed by atoms with Gasteiger partial charge in [0.15, 0.2) is 0 Å². The van der Waals surface area contributed by atoms with Crippen LogP contribution in [0.15, 0.2) is 18.2 Å². The van der Waals surface area contributed by atoms with Crippen LogP contribution in [-0.2, 0) is 12.7 Å². The van der Waals surface area contributed by atoms with Crippen molar-refractivity contribution in [3.8, 4) is 0 Å². The van der Waals surface area contributed by atoms with Gasteiger partial charge in [0.2, 0.25) is 0 Å². The van der Waals surface area contributed by atoms with Crippen molar-refractivity contribution in [3.05, 3.63) is 35.1 Å². The van der Waals surface area contributed by atoms with Gasteiger partial charge in [-0.2, -0.15) is 13.2 Å². The minimum atomic E-state index is -4.54. The number of alkyl halides is 3. The van der Waals surface area contributed by atoms with E-state index in [0.717, 1.165) is 25.2 Å². The predicted molar refractivity (Wildman–Crippen MR) is 72.2 cm³/mol. The van der Waals surface area contributed by atoms with Crippen molar-refractivity contribution in [1.29, 1.82) is 0 Å². The largest absolute Gasteiger partial charge is 0.416 e. The summed E-state index contributed by atoms with van der Waals surface area (Å²) in [5.41, 5.74) is 5.09. The Bertz CT molecular complexity index is 490. The Hall–Kier alpha value is -1.18. The number of nitrogens with zero attached hydrogens (tertiary/aromatic N) is 2. The second-order valence-electron chi connectivity index (χ2n) is 5.47. The molecule has 1 fully saturated rings. The molecule has 1 heterocycles. The fourth-order valence-electron chi connectivity index (χ4n) is 2.62. The molecule has 0 saturated carbocycles. The van der Waals surface area contributed by atoms with Crippen LogP contribution in [0.3, 0.4) is 0 Å². The Kier molecular flexibility index (Phi) is 4.85. The molecule has 21 heavy (non-hydrogen) atoms. The molecule has 1 atom stereocenters. The van der Waals surface area contributed by atoms with E-state index in [9.17, 15) is 17.6 Å². The van der Waals surface area contributed by atoms with Crippen LogP contribution < -0.4 is 5.73 Å². The maximum absolute atomic E-state index is 13.4. The summed E-state index contributed by atoms with van der Waals surface area (Å²) in [5.74, 6) is -0.863. The van der Waals surface area contributed by atoms with Crippen molar-refractivity contribution < 1.29 is 17.6 Å². The summed E-state index contributed by atoms with van der Waals surface area (Å²) >= 11 is 0. The van der Waals surface area contributed by atoms with Crippen LogP contribution in [0.1, 0.15) is 11.1 Å². The van der Waals surface area contributed by atoms with Gasteiger partial charge in [0.1, 0.15) is 5.82 Å². The molecule has 1 unspecified atom stereocenters. The van der Waals surface area contributed by atoms with Crippen LogP contribution in [-0.4, -0.2) is 49.1 Å². The molecule has 1 aliphatic heterocycles. The molecule has 7 heteroatoms. The van der Waals surface area contributed by atoms with Gasteiger partial charge in [-0.05, 0) is 30.8 Å². The van der Waals surface area contributed by atoms with Crippen LogP contribution >= 0.6 is 0 Å². The summed E-state index contributed by atoms with van der Waals surface area (Å²) in [4.78, 5) is 4.13. The third-order valence-corrected chi connectivity index (χ3v) is 3.75. The van der Waals surface area contributed by atoms with Crippen molar-refractivity contribution in [2.24, 2.45) is 5.73 Å². The van der Waals surface area contributed by atoms with E-state index in [2.05, 4.69) is 4.90 Å². The number of benzene rings is 1. The number of hydrogen-bond acceptors (Lipinski definition) is 3. The van der Waals surface area contributed by atoms with E-state index in [0.29, 0.717) is 24.7 Å². The number of rotatable bonds is 3.